The van der Waals surface area contributed by atoms with Crippen LogP contribution in [0.3, 0.4) is 0 Å². The summed E-state index contributed by atoms with van der Waals surface area (Å²) in [5.74, 6) is 1.80. The molecule has 1 fully saturated rings. The molecular formula is C17H25ClN2O. The van der Waals surface area contributed by atoms with Gasteiger partial charge >= 0.3 is 0 Å². The van der Waals surface area contributed by atoms with E-state index < -0.39 is 0 Å². The molecule has 0 aliphatic carbocycles. The van der Waals surface area contributed by atoms with Crippen LogP contribution in [0.5, 0.6) is 5.75 Å². The van der Waals surface area contributed by atoms with E-state index in [-0.39, 0.29) is 6.10 Å². The van der Waals surface area contributed by atoms with Gasteiger partial charge < -0.3 is 10.1 Å². The average molecular weight is 309 g/mol. The molecule has 2 unspecified atom stereocenters. The van der Waals surface area contributed by atoms with Gasteiger partial charge in [0.05, 0.1) is 0 Å². The number of hydrogen-bond donors (Lipinski definition) is 1. The number of rotatable bonds is 5. The van der Waals surface area contributed by atoms with Crippen molar-refractivity contribution < 1.29 is 4.74 Å². The summed E-state index contributed by atoms with van der Waals surface area (Å²) in [5, 5.41) is 4.31. The number of piperidine rings is 1. The topological polar surface area (TPSA) is 24.5 Å². The van der Waals surface area contributed by atoms with E-state index in [1.807, 2.05) is 18.2 Å². The highest BCUT2D eigenvalue weighted by Crippen LogP contribution is 2.31. The number of benzene rings is 1. The molecule has 116 valence electrons. The number of ether oxygens (including phenoxy) is 1. The van der Waals surface area contributed by atoms with Gasteiger partial charge in [-0.3, -0.25) is 4.90 Å². The molecule has 0 radical (unpaired) electrons. The lowest BCUT2D eigenvalue weighted by atomic mass is 9.99. The number of nitrogens with zero attached hydrogens (tertiary/aromatic N) is 1. The zero-order valence-electron chi connectivity index (χ0n) is 12.8. The zero-order valence-corrected chi connectivity index (χ0v) is 13.5. The number of nitrogens with one attached hydrogen (secondary N) is 1. The van der Waals surface area contributed by atoms with E-state index in [1.165, 1.54) is 31.5 Å². The standard InChI is InChI=1S/C17H25ClN2O/c1-2-20(11-13-4-3-7-19-10-13)12-16-9-14-8-15(18)5-6-17(14)21-16/h5-6,8,13,16,19H,2-4,7,9-12H2,1H3. The second-order valence-electron chi connectivity index (χ2n) is 6.26. The molecule has 2 aliphatic heterocycles. The third kappa shape index (κ3) is 3.91. The molecule has 1 saturated heterocycles. The predicted octanol–water partition coefficient (Wildman–Crippen LogP) is 2.97. The maximum atomic E-state index is 6.07. The first-order valence-corrected chi connectivity index (χ1v) is 8.50. The first kappa shape index (κ1) is 15.1. The van der Waals surface area contributed by atoms with E-state index >= 15 is 0 Å². The van der Waals surface area contributed by atoms with Crippen molar-refractivity contribution in [2.24, 2.45) is 5.92 Å². The van der Waals surface area contributed by atoms with Crippen molar-refractivity contribution >= 4 is 11.6 Å². The molecule has 1 N–H and O–H groups in total. The van der Waals surface area contributed by atoms with Gasteiger partial charge in [0.15, 0.2) is 0 Å². The van der Waals surface area contributed by atoms with Gasteiger partial charge in [-0.1, -0.05) is 18.5 Å². The van der Waals surface area contributed by atoms with Crippen molar-refractivity contribution in [2.45, 2.75) is 32.3 Å². The molecule has 3 rings (SSSR count). The van der Waals surface area contributed by atoms with Crippen LogP contribution in [0.25, 0.3) is 0 Å². The summed E-state index contributed by atoms with van der Waals surface area (Å²) in [4.78, 5) is 2.54. The van der Waals surface area contributed by atoms with Crippen LogP contribution in [-0.2, 0) is 6.42 Å². The highest BCUT2D eigenvalue weighted by molar-refractivity contribution is 6.30. The number of likely N-dealkylation sites (N-methyl/N-ethyl adjacent to an activating group) is 1. The van der Waals surface area contributed by atoms with Crippen molar-refractivity contribution in [3.05, 3.63) is 28.8 Å². The molecule has 21 heavy (non-hydrogen) atoms. The Labute approximate surface area is 132 Å². The average Bonchev–Trinajstić information content (AvgIpc) is 2.89. The van der Waals surface area contributed by atoms with Crippen LogP contribution in [0.4, 0.5) is 0 Å². The second kappa shape index (κ2) is 6.99. The Bertz CT molecular complexity index is 474. The van der Waals surface area contributed by atoms with Gasteiger partial charge in [0.25, 0.3) is 0 Å². The van der Waals surface area contributed by atoms with Crippen molar-refractivity contribution in [2.75, 3.05) is 32.7 Å². The highest BCUT2D eigenvalue weighted by Gasteiger charge is 2.26. The smallest absolute Gasteiger partial charge is 0.123 e. The van der Waals surface area contributed by atoms with E-state index in [1.54, 1.807) is 0 Å². The van der Waals surface area contributed by atoms with Crippen LogP contribution in [0.1, 0.15) is 25.3 Å². The normalized spacial score (nSPS) is 24.9. The van der Waals surface area contributed by atoms with Crippen molar-refractivity contribution in [3.63, 3.8) is 0 Å². The minimum Gasteiger partial charge on any atom is -0.488 e. The monoisotopic (exact) mass is 308 g/mol. The minimum absolute atomic E-state index is 0.273. The summed E-state index contributed by atoms with van der Waals surface area (Å²) in [6.45, 7) is 7.88. The molecule has 1 aromatic rings. The summed E-state index contributed by atoms with van der Waals surface area (Å²) >= 11 is 6.06. The molecule has 3 nitrogen and oxygen atoms in total. The molecule has 4 heteroatoms. The molecule has 0 amide bonds. The predicted molar refractivity (Wildman–Crippen MR) is 87.3 cm³/mol. The van der Waals surface area contributed by atoms with Crippen molar-refractivity contribution in [3.8, 4) is 5.75 Å². The fourth-order valence-electron chi connectivity index (χ4n) is 3.46. The molecule has 0 bridgehead atoms. The Morgan fingerprint density at radius 3 is 3.05 bits per heavy atom. The van der Waals surface area contributed by atoms with E-state index in [0.29, 0.717) is 0 Å². The summed E-state index contributed by atoms with van der Waals surface area (Å²) in [6, 6.07) is 5.95. The lowest BCUT2D eigenvalue weighted by Gasteiger charge is -2.30. The SMILES string of the molecule is CCN(CC1CCCNC1)CC1Cc2cc(Cl)ccc2O1. The largest absolute Gasteiger partial charge is 0.488 e. The molecule has 0 spiro atoms. The van der Waals surface area contributed by atoms with Gasteiger partial charge in [-0.05, 0) is 62.2 Å². The van der Waals surface area contributed by atoms with Crippen LogP contribution in [0.15, 0.2) is 18.2 Å². The van der Waals surface area contributed by atoms with Gasteiger partial charge in [0, 0.05) is 24.5 Å². The summed E-state index contributed by atoms with van der Waals surface area (Å²) < 4.78 is 6.07. The molecule has 0 aromatic heterocycles. The first-order valence-electron chi connectivity index (χ1n) is 8.12. The molecule has 2 heterocycles. The Kier molecular flexibility index (Phi) is 5.04. The second-order valence-corrected chi connectivity index (χ2v) is 6.70. The Hall–Kier alpha value is -0.770. The fourth-order valence-corrected chi connectivity index (χ4v) is 3.65. The summed E-state index contributed by atoms with van der Waals surface area (Å²) in [5.41, 5.74) is 1.25. The van der Waals surface area contributed by atoms with Crippen molar-refractivity contribution in [1.29, 1.82) is 0 Å². The van der Waals surface area contributed by atoms with E-state index in [4.69, 9.17) is 16.3 Å². The Morgan fingerprint density at radius 2 is 2.29 bits per heavy atom. The minimum atomic E-state index is 0.273. The fraction of sp³-hybridized carbons (Fsp3) is 0.647. The van der Waals surface area contributed by atoms with E-state index in [0.717, 1.165) is 42.7 Å². The van der Waals surface area contributed by atoms with Gasteiger partial charge in [0.2, 0.25) is 0 Å². The van der Waals surface area contributed by atoms with E-state index in [9.17, 15) is 0 Å². The Balaban J connectivity index is 1.53. The molecule has 2 aliphatic rings. The summed E-state index contributed by atoms with van der Waals surface area (Å²) in [6.07, 6.45) is 3.92. The zero-order chi connectivity index (χ0) is 14.7. The number of halogens is 1. The van der Waals surface area contributed by atoms with Crippen LogP contribution in [0.2, 0.25) is 5.02 Å². The quantitative estimate of drug-likeness (QED) is 0.905. The summed E-state index contributed by atoms with van der Waals surface area (Å²) in [7, 11) is 0. The highest BCUT2D eigenvalue weighted by atomic mass is 35.5. The third-order valence-corrected chi connectivity index (χ3v) is 4.82. The van der Waals surface area contributed by atoms with Gasteiger partial charge in [0.1, 0.15) is 11.9 Å². The number of hydrogen-bond acceptors (Lipinski definition) is 3. The Morgan fingerprint density at radius 1 is 1.38 bits per heavy atom. The lowest BCUT2D eigenvalue weighted by Crippen LogP contribution is -2.42. The maximum absolute atomic E-state index is 6.07. The first-order chi connectivity index (χ1) is 10.2. The van der Waals surface area contributed by atoms with Crippen LogP contribution < -0.4 is 10.1 Å². The maximum Gasteiger partial charge on any atom is 0.123 e. The number of fused-ring (bicyclic) bond motifs is 1. The lowest BCUT2D eigenvalue weighted by molar-refractivity contribution is 0.134. The van der Waals surface area contributed by atoms with Crippen molar-refractivity contribution in [1.82, 2.24) is 10.2 Å². The molecule has 2 atom stereocenters. The molecular weight excluding hydrogens is 284 g/mol. The van der Waals surface area contributed by atoms with Crippen LogP contribution >= 0.6 is 11.6 Å². The molecule has 1 aromatic carbocycles. The van der Waals surface area contributed by atoms with Gasteiger partial charge in [-0.2, -0.15) is 0 Å². The molecule has 0 saturated carbocycles. The van der Waals surface area contributed by atoms with Gasteiger partial charge in [-0.15, -0.1) is 0 Å². The van der Waals surface area contributed by atoms with Crippen LogP contribution in [-0.4, -0.2) is 43.7 Å². The van der Waals surface area contributed by atoms with E-state index in [2.05, 4.69) is 17.1 Å². The van der Waals surface area contributed by atoms with Gasteiger partial charge in [-0.25, -0.2) is 0 Å². The van der Waals surface area contributed by atoms with Crippen LogP contribution in [0, 0.1) is 5.92 Å². The third-order valence-electron chi connectivity index (χ3n) is 4.59.